The highest BCUT2D eigenvalue weighted by atomic mass is 32.2. The Hall–Kier alpha value is -3.58. The average Bonchev–Trinajstić information content (AvgIpc) is 2.75. The summed E-state index contributed by atoms with van der Waals surface area (Å²) in [6, 6.07) is 13.5. The van der Waals surface area contributed by atoms with Crippen molar-refractivity contribution >= 4 is 27.4 Å². The average molecular weight is 448 g/mol. The van der Waals surface area contributed by atoms with Crippen molar-refractivity contribution in [2.24, 2.45) is 0 Å². The van der Waals surface area contributed by atoms with Crippen LogP contribution in [-0.2, 0) is 14.6 Å². The first-order chi connectivity index (χ1) is 15.1. The molecule has 4 rings (SSSR count). The van der Waals surface area contributed by atoms with Crippen molar-refractivity contribution in [2.45, 2.75) is 30.6 Å². The van der Waals surface area contributed by atoms with Gasteiger partial charge in [0.15, 0.2) is 12.4 Å². The number of ketones is 2. The van der Waals surface area contributed by atoms with Crippen LogP contribution in [0.3, 0.4) is 0 Å². The first-order valence-electron chi connectivity index (χ1n) is 9.92. The van der Waals surface area contributed by atoms with E-state index < -0.39 is 28.2 Å². The summed E-state index contributed by atoms with van der Waals surface area (Å²) in [4.78, 5) is 37.6. The molecule has 0 spiro atoms. The monoisotopic (exact) mass is 448 g/mol. The molecule has 0 unspecified atom stereocenters. The first-order valence-corrected chi connectivity index (χ1v) is 11.4. The summed E-state index contributed by atoms with van der Waals surface area (Å²) >= 11 is 0. The Morgan fingerprint density at radius 2 is 1.47 bits per heavy atom. The molecule has 1 aliphatic heterocycles. The number of fused-ring (bicyclic) bond motifs is 2. The standard InChI is InChI=1S/C25H20O6S/c1-14-10-15(2)23(16(3)11-14)20(26)13-31-25(28)17-8-9-19-22(12-17)32(29,30)21-7-5-4-6-18(21)24(19)27/h4-12H,13H2,1-3H3. The van der Waals surface area contributed by atoms with E-state index in [1.807, 2.05) is 32.9 Å². The van der Waals surface area contributed by atoms with Crippen molar-refractivity contribution in [3.05, 3.63) is 93.5 Å². The van der Waals surface area contributed by atoms with E-state index in [0.29, 0.717) is 5.56 Å². The van der Waals surface area contributed by atoms with Crippen LogP contribution >= 0.6 is 0 Å². The predicted molar refractivity (Wildman–Crippen MR) is 117 cm³/mol. The molecule has 0 fully saturated rings. The summed E-state index contributed by atoms with van der Waals surface area (Å²) in [5, 5.41) is 0. The third-order valence-electron chi connectivity index (χ3n) is 5.46. The molecular weight excluding hydrogens is 428 g/mol. The van der Waals surface area contributed by atoms with E-state index in [9.17, 15) is 22.8 Å². The molecule has 0 aromatic heterocycles. The van der Waals surface area contributed by atoms with Gasteiger partial charge in [-0.2, -0.15) is 0 Å². The van der Waals surface area contributed by atoms with Crippen LogP contribution in [0.5, 0.6) is 0 Å². The lowest BCUT2D eigenvalue weighted by atomic mass is 9.97. The second-order valence-corrected chi connectivity index (χ2v) is 9.70. The topological polar surface area (TPSA) is 94.6 Å². The molecule has 3 aromatic carbocycles. The summed E-state index contributed by atoms with van der Waals surface area (Å²) in [6.07, 6.45) is 0. The van der Waals surface area contributed by atoms with Crippen LogP contribution < -0.4 is 0 Å². The minimum atomic E-state index is -3.98. The lowest BCUT2D eigenvalue weighted by Gasteiger charge is -2.19. The SMILES string of the molecule is Cc1cc(C)c(C(=O)COC(=O)c2ccc3c(c2)S(=O)(=O)c2ccccc2C3=O)c(C)c1. The van der Waals surface area contributed by atoms with Crippen LogP contribution in [0.15, 0.2) is 64.4 Å². The molecule has 0 amide bonds. The molecular formula is C25H20O6S. The quantitative estimate of drug-likeness (QED) is 0.346. The molecule has 0 atom stereocenters. The number of aryl methyl sites for hydroxylation is 3. The minimum Gasteiger partial charge on any atom is -0.454 e. The Kier molecular flexibility index (Phi) is 5.30. The van der Waals surface area contributed by atoms with Crippen molar-refractivity contribution in [2.75, 3.05) is 6.61 Å². The van der Waals surface area contributed by atoms with Crippen LogP contribution in [0.25, 0.3) is 0 Å². The van der Waals surface area contributed by atoms with E-state index >= 15 is 0 Å². The molecule has 0 radical (unpaired) electrons. The van der Waals surface area contributed by atoms with E-state index in [1.54, 1.807) is 6.07 Å². The molecule has 6 nitrogen and oxygen atoms in total. The maximum absolute atomic E-state index is 13.0. The van der Waals surface area contributed by atoms with Gasteiger partial charge in [-0.1, -0.05) is 29.8 Å². The second kappa shape index (κ2) is 7.84. The number of Topliss-reactive ketones (excluding diaryl/α,β-unsaturated/α-hetero) is 1. The lowest BCUT2D eigenvalue weighted by molar-refractivity contribution is 0.0474. The number of rotatable bonds is 4. The number of ether oxygens (including phenoxy) is 1. The van der Waals surface area contributed by atoms with E-state index in [1.165, 1.54) is 30.3 Å². The van der Waals surface area contributed by atoms with Crippen molar-refractivity contribution < 1.29 is 27.5 Å². The number of esters is 1. The Balaban J connectivity index is 1.60. The molecule has 32 heavy (non-hydrogen) atoms. The smallest absolute Gasteiger partial charge is 0.338 e. The van der Waals surface area contributed by atoms with Gasteiger partial charge in [0.1, 0.15) is 0 Å². The molecule has 162 valence electrons. The zero-order chi connectivity index (χ0) is 23.2. The summed E-state index contributed by atoms with van der Waals surface area (Å²) < 4.78 is 31.2. The zero-order valence-electron chi connectivity index (χ0n) is 17.8. The molecule has 0 saturated carbocycles. The molecule has 3 aromatic rings. The van der Waals surface area contributed by atoms with Gasteiger partial charge >= 0.3 is 5.97 Å². The van der Waals surface area contributed by atoms with E-state index in [4.69, 9.17) is 4.74 Å². The lowest BCUT2D eigenvalue weighted by Crippen LogP contribution is -2.21. The zero-order valence-corrected chi connectivity index (χ0v) is 18.6. The van der Waals surface area contributed by atoms with Gasteiger partial charge in [0, 0.05) is 16.7 Å². The molecule has 1 aliphatic rings. The fourth-order valence-corrected chi connectivity index (χ4v) is 5.80. The molecule has 0 N–H and O–H groups in total. The molecule has 7 heteroatoms. The van der Waals surface area contributed by atoms with Gasteiger partial charge in [0.25, 0.3) is 0 Å². The van der Waals surface area contributed by atoms with Crippen LogP contribution in [0.1, 0.15) is 53.3 Å². The van der Waals surface area contributed by atoms with E-state index in [2.05, 4.69) is 0 Å². The third-order valence-corrected chi connectivity index (χ3v) is 7.31. The van der Waals surface area contributed by atoms with Gasteiger partial charge in [0.05, 0.1) is 15.4 Å². The fraction of sp³-hybridized carbons (Fsp3) is 0.160. The fourth-order valence-electron chi connectivity index (χ4n) is 4.12. The van der Waals surface area contributed by atoms with Crippen molar-refractivity contribution in [3.63, 3.8) is 0 Å². The van der Waals surface area contributed by atoms with Gasteiger partial charge < -0.3 is 4.74 Å². The van der Waals surface area contributed by atoms with Crippen LogP contribution in [0.4, 0.5) is 0 Å². The number of hydrogen-bond acceptors (Lipinski definition) is 6. The summed E-state index contributed by atoms with van der Waals surface area (Å²) in [5.41, 5.74) is 3.16. The van der Waals surface area contributed by atoms with Crippen molar-refractivity contribution in [1.29, 1.82) is 0 Å². The first kappa shape index (κ1) is 21.6. The van der Waals surface area contributed by atoms with E-state index in [-0.39, 0.29) is 32.3 Å². The number of hydrogen-bond donors (Lipinski definition) is 0. The summed E-state index contributed by atoms with van der Waals surface area (Å²) in [7, 11) is -3.98. The number of sulfone groups is 1. The summed E-state index contributed by atoms with van der Waals surface area (Å²) in [5.74, 6) is -1.61. The highest BCUT2D eigenvalue weighted by Gasteiger charge is 2.35. The summed E-state index contributed by atoms with van der Waals surface area (Å²) in [6.45, 7) is 5.09. The maximum atomic E-state index is 13.0. The Bertz CT molecular complexity index is 1390. The molecule has 1 heterocycles. The highest BCUT2D eigenvalue weighted by Crippen LogP contribution is 2.34. The Labute approximate surface area is 185 Å². The van der Waals surface area contributed by atoms with Gasteiger partial charge in [-0.05, 0) is 62.2 Å². The highest BCUT2D eigenvalue weighted by molar-refractivity contribution is 7.91. The van der Waals surface area contributed by atoms with Gasteiger partial charge in [-0.15, -0.1) is 0 Å². The Morgan fingerprint density at radius 1 is 0.844 bits per heavy atom. The van der Waals surface area contributed by atoms with Crippen molar-refractivity contribution in [1.82, 2.24) is 0 Å². The van der Waals surface area contributed by atoms with Crippen LogP contribution in [-0.4, -0.2) is 32.6 Å². The van der Waals surface area contributed by atoms with Crippen molar-refractivity contribution in [3.8, 4) is 0 Å². The predicted octanol–water partition coefficient (Wildman–Crippen LogP) is 4.03. The molecule has 0 bridgehead atoms. The molecule has 0 aliphatic carbocycles. The minimum absolute atomic E-state index is 0.00207. The second-order valence-electron chi connectivity index (χ2n) is 7.81. The molecule has 0 saturated heterocycles. The largest absolute Gasteiger partial charge is 0.454 e. The maximum Gasteiger partial charge on any atom is 0.338 e. The number of carbonyl (C=O) groups excluding carboxylic acids is 3. The van der Waals surface area contributed by atoms with Gasteiger partial charge in [0.2, 0.25) is 15.6 Å². The van der Waals surface area contributed by atoms with Gasteiger partial charge in [-0.25, -0.2) is 13.2 Å². The van der Waals surface area contributed by atoms with Gasteiger partial charge in [-0.3, -0.25) is 9.59 Å². The third kappa shape index (κ3) is 3.54. The normalized spacial score (nSPS) is 13.8. The number of carbonyl (C=O) groups is 3. The van der Waals surface area contributed by atoms with E-state index in [0.717, 1.165) is 22.8 Å². The number of benzene rings is 3. The Morgan fingerprint density at radius 3 is 2.16 bits per heavy atom. The van der Waals surface area contributed by atoms with Crippen LogP contribution in [0.2, 0.25) is 0 Å². The van der Waals surface area contributed by atoms with Crippen LogP contribution in [0, 0.1) is 20.8 Å².